The van der Waals surface area contributed by atoms with E-state index in [0.29, 0.717) is 19.5 Å². The lowest BCUT2D eigenvalue weighted by Crippen LogP contribution is -2.32. The Labute approximate surface area is 131 Å². The van der Waals surface area contributed by atoms with Gasteiger partial charge in [0.1, 0.15) is 11.5 Å². The lowest BCUT2D eigenvalue weighted by Gasteiger charge is -2.13. The predicted octanol–water partition coefficient (Wildman–Crippen LogP) is 1.80. The number of anilines is 1. The Kier molecular flexibility index (Phi) is 6.33. The number of hydrogen-bond acceptors (Lipinski definition) is 5. The van der Waals surface area contributed by atoms with Crippen molar-refractivity contribution in [1.82, 2.24) is 5.32 Å². The van der Waals surface area contributed by atoms with Crippen LogP contribution in [0.1, 0.15) is 19.3 Å². The largest absolute Gasteiger partial charge is 0.497 e. The second-order valence-corrected chi connectivity index (χ2v) is 5.18. The molecule has 2 N–H and O–H groups in total. The van der Waals surface area contributed by atoms with E-state index >= 15 is 0 Å². The van der Waals surface area contributed by atoms with Crippen molar-refractivity contribution in [3.63, 3.8) is 0 Å². The summed E-state index contributed by atoms with van der Waals surface area (Å²) in [6.07, 6.45) is 2.68. The number of carbonyl (C=O) groups is 1. The highest BCUT2D eigenvalue weighted by molar-refractivity contribution is 5.76. The average molecular weight is 308 g/mol. The third-order valence-electron chi connectivity index (χ3n) is 3.63. The molecule has 122 valence electrons. The Hall–Kier alpha value is -1.95. The molecule has 1 amide bonds. The molecule has 0 aromatic heterocycles. The van der Waals surface area contributed by atoms with Crippen LogP contribution in [0.15, 0.2) is 18.2 Å². The zero-order chi connectivity index (χ0) is 15.8. The zero-order valence-electron chi connectivity index (χ0n) is 13.2. The maximum absolute atomic E-state index is 11.8. The first-order chi connectivity index (χ1) is 10.7. The Morgan fingerprint density at radius 2 is 2.23 bits per heavy atom. The summed E-state index contributed by atoms with van der Waals surface area (Å²) in [5.41, 5.74) is 0.814. The molecule has 1 atom stereocenters. The maximum Gasteiger partial charge on any atom is 0.221 e. The molecule has 2 rings (SSSR count). The van der Waals surface area contributed by atoms with Gasteiger partial charge >= 0.3 is 0 Å². The number of rotatable bonds is 8. The highest BCUT2D eigenvalue weighted by Crippen LogP contribution is 2.28. The maximum atomic E-state index is 11.8. The Balaban J connectivity index is 1.74. The number of hydrogen-bond donors (Lipinski definition) is 2. The van der Waals surface area contributed by atoms with E-state index in [1.807, 2.05) is 18.2 Å². The zero-order valence-corrected chi connectivity index (χ0v) is 13.2. The summed E-state index contributed by atoms with van der Waals surface area (Å²) in [6, 6.07) is 5.51. The lowest BCUT2D eigenvalue weighted by molar-refractivity contribution is -0.121. The summed E-state index contributed by atoms with van der Waals surface area (Å²) < 4.78 is 15.9. The van der Waals surface area contributed by atoms with Crippen LogP contribution in [0.25, 0.3) is 0 Å². The number of carbonyl (C=O) groups excluding carboxylic acids is 1. The van der Waals surface area contributed by atoms with Crippen molar-refractivity contribution < 1.29 is 19.0 Å². The number of nitrogens with one attached hydrogen (secondary N) is 2. The van der Waals surface area contributed by atoms with Gasteiger partial charge in [0.15, 0.2) is 0 Å². The molecular weight excluding hydrogens is 284 g/mol. The average Bonchev–Trinajstić information content (AvgIpc) is 3.06. The Morgan fingerprint density at radius 3 is 2.91 bits per heavy atom. The van der Waals surface area contributed by atoms with Crippen molar-refractivity contribution in [2.24, 2.45) is 0 Å². The van der Waals surface area contributed by atoms with Crippen molar-refractivity contribution in [3.8, 4) is 11.5 Å². The fourth-order valence-corrected chi connectivity index (χ4v) is 2.38. The summed E-state index contributed by atoms with van der Waals surface area (Å²) in [4.78, 5) is 11.8. The topological polar surface area (TPSA) is 68.8 Å². The molecule has 0 saturated carbocycles. The minimum atomic E-state index is 0.0184. The van der Waals surface area contributed by atoms with Gasteiger partial charge in [-0.3, -0.25) is 4.79 Å². The van der Waals surface area contributed by atoms with E-state index in [1.54, 1.807) is 14.2 Å². The van der Waals surface area contributed by atoms with Gasteiger partial charge in [-0.1, -0.05) is 0 Å². The van der Waals surface area contributed by atoms with E-state index in [4.69, 9.17) is 14.2 Å². The van der Waals surface area contributed by atoms with Gasteiger partial charge in [-0.15, -0.1) is 0 Å². The van der Waals surface area contributed by atoms with Gasteiger partial charge in [0, 0.05) is 32.2 Å². The van der Waals surface area contributed by atoms with Crippen molar-refractivity contribution in [1.29, 1.82) is 0 Å². The molecule has 6 nitrogen and oxygen atoms in total. The first-order valence-electron chi connectivity index (χ1n) is 7.57. The van der Waals surface area contributed by atoms with Crippen LogP contribution < -0.4 is 20.1 Å². The third-order valence-corrected chi connectivity index (χ3v) is 3.63. The van der Waals surface area contributed by atoms with Gasteiger partial charge < -0.3 is 24.8 Å². The Morgan fingerprint density at radius 1 is 1.36 bits per heavy atom. The van der Waals surface area contributed by atoms with Gasteiger partial charge in [0.2, 0.25) is 5.91 Å². The van der Waals surface area contributed by atoms with Gasteiger partial charge in [-0.2, -0.15) is 0 Å². The summed E-state index contributed by atoms with van der Waals surface area (Å²) in [7, 11) is 3.23. The molecule has 0 spiro atoms. The van der Waals surface area contributed by atoms with Crippen LogP contribution in [0.3, 0.4) is 0 Å². The normalized spacial score (nSPS) is 17.1. The van der Waals surface area contributed by atoms with E-state index in [0.717, 1.165) is 36.6 Å². The SMILES string of the molecule is COc1ccc(OC)c(NCCC(=O)NCC2CCCO2)c1. The predicted molar refractivity (Wildman–Crippen MR) is 84.6 cm³/mol. The molecule has 1 heterocycles. The molecular formula is C16H24N2O4. The minimum Gasteiger partial charge on any atom is -0.497 e. The molecule has 0 radical (unpaired) electrons. The molecule has 1 aliphatic rings. The summed E-state index contributed by atoms with van der Waals surface area (Å²) in [5, 5.41) is 6.10. The van der Waals surface area contributed by atoms with Gasteiger partial charge in [0.25, 0.3) is 0 Å². The van der Waals surface area contributed by atoms with Crippen LogP contribution in [0.5, 0.6) is 11.5 Å². The second kappa shape index (κ2) is 8.48. The van der Waals surface area contributed by atoms with Crippen molar-refractivity contribution >= 4 is 11.6 Å². The van der Waals surface area contributed by atoms with Crippen molar-refractivity contribution in [3.05, 3.63) is 18.2 Å². The van der Waals surface area contributed by atoms with Crippen LogP contribution in [0, 0.1) is 0 Å². The lowest BCUT2D eigenvalue weighted by atomic mass is 10.2. The van der Waals surface area contributed by atoms with E-state index in [1.165, 1.54) is 0 Å². The summed E-state index contributed by atoms with van der Waals surface area (Å²) in [6.45, 7) is 1.93. The molecule has 0 bridgehead atoms. The van der Waals surface area contributed by atoms with E-state index in [-0.39, 0.29) is 12.0 Å². The minimum absolute atomic E-state index is 0.0184. The molecule has 1 fully saturated rings. The van der Waals surface area contributed by atoms with Gasteiger partial charge in [0.05, 0.1) is 26.0 Å². The molecule has 0 aliphatic carbocycles. The van der Waals surface area contributed by atoms with Gasteiger partial charge in [-0.05, 0) is 25.0 Å². The molecule has 22 heavy (non-hydrogen) atoms. The number of benzene rings is 1. The molecule has 1 aromatic carbocycles. The second-order valence-electron chi connectivity index (χ2n) is 5.18. The molecule has 1 saturated heterocycles. The standard InChI is InChI=1S/C16H24N2O4/c1-20-12-5-6-15(21-2)14(10-12)17-8-7-16(19)18-11-13-4-3-9-22-13/h5-6,10,13,17H,3-4,7-9,11H2,1-2H3,(H,18,19). The van der Waals surface area contributed by atoms with Crippen molar-refractivity contribution in [2.45, 2.75) is 25.4 Å². The monoisotopic (exact) mass is 308 g/mol. The molecule has 1 aliphatic heterocycles. The van der Waals surface area contributed by atoms with Crippen LogP contribution in [-0.2, 0) is 9.53 Å². The summed E-state index contributed by atoms with van der Waals surface area (Å²) >= 11 is 0. The molecule has 1 unspecified atom stereocenters. The summed E-state index contributed by atoms with van der Waals surface area (Å²) in [5.74, 6) is 1.48. The number of methoxy groups -OCH3 is 2. The number of amides is 1. The molecule has 6 heteroatoms. The first kappa shape index (κ1) is 16.4. The highest BCUT2D eigenvalue weighted by Gasteiger charge is 2.16. The van der Waals surface area contributed by atoms with Crippen LogP contribution in [0.2, 0.25) is 0 Å². The fraction of sp³-hybridized carbons (Fsp3) is 0.562. The van der Waals surface area contributed by atoms with Crippen molar-refractivity contribution in [2.75, 3.05) is 39.2 Å². The quantitative estimate of drug-likeness (QED) is 0.766. The Bertz CT molecular complexity index is 487. The number of ether oxygens (including phenoxy) is 3. The van der Waals surface area contributed by atoms with E-state index in [9.17, 15) is 4.79 Å². The van der Waals surface area contributed by atoms with E-state index < -0.39 is 0 Å². The highest BCUT2D eigenvalue weighted by atomic mass is 16.5. The van der Waals surface area contributed by atoms with E-state index in [2.05, 4.69) is 10.6 Å². The fourth-order valence-electron chi connectivity index (χ4n) is 2.38. The first-order valence-corrected chi connectivity index (χ1v) is 7.57. The smallest absolute Gasteiger partial charge is 0.221 e. The third kappa shape index (κ3) is 4.80. The van der Waals surface area contributed by atoms with Crippen LogP contribution in [0.4, 0.5) is 5.69 Å². The molecule has 1 aromatic rings. The van der Waals surface area contributed by atoms with Crippen LogP contribution in [-0.4, -0.2) is 45.9 Å². The van der Waals surface area contributed by atoms with Gasteiger partial charge in [-0.25, -0.2) is 0 Å². The van der Waals surface area contributed by atoms with Crippen LogP contribution >= 0.6 is 0 Å².